The third kappa shape index (κ3) is 4.66. The Labute approximate surface area is 153 Å². The summed E-state index contributed by atoms with van der Waals surface area (Å²) in [5.74, 6) is -0.0567. The number of alkyl halides is 3. The van der Waals surface area contributed by atoms with Crippen LogP contribution < -0.4 is 10.1 Å². The molecule has 0 bridgehead atoms. The maximum absolute atomic E-state index is 12.5. The van der Waals surface area contributed by atoms with Gasteiger partial charge in [0, 0.05) is 11.6 Å². The number of benzene rings is 2. The van der Waals surface area contributed by atoms with Gasteiger partial charge < -0.3 is 10.1 Å². The first-order valence-electron chi connectivity index (χ1n) is 8.13. The number of nitrogens with zero attached hydrogens (tertiary/aromatic N) is 1. The van der Waals surface area contributed by atoms with E-state index in [0.717, 1.165) is 11.1 Å². The zero-order chi connectivity index (χ0) is 19.3. The molecule has 3 aromatic rings. The molecule has 0 aliphatic carbocycles. The van der Waals surface area contributed by atoms with Crippen LogP contribution in [0.5, 0.6) is 5.75 Å². The molecule has 2 N–H and O–H groups in total. The molecule has 0 spiro atoms. The van der Waals surface area contributed by atoms with Crippen LogP contribution in [0.25, 0.3) is 11.1 Å². The summed E-state index contributed by atoms with van der Waals surface area (Å²) in [5, 5.41) is 7.66. The van der Waals surface area contributed by atoms with E-state index in [-0.39, 0.29) is 18.8 Å². The van der Waals surface area contributed by atoms with Crippen LogP contribution in [0.2, 0.25) is 0 Å². The van der Waals surface area contributed by atoms with Crippen molar-refractivity contribution >= 4 is 5.91 Å². The number of aromatic nitrogens is 2. The van der Waals surface area contributed by atoms with Gasteiger partial charge in [0.2, 0.25) is 0 Å². The molecule has 140 valence electrons. The predicted octanol–water partition coefficient (Wildman–Crippen LogP) is 3.90. The summed E-state index contributed by atoms with van der Waals surface area (Å²) >= 11 is 0. The SMILES string of the molecule is O=C(NCCOc1ccccc1-c1ccccc1)c1cc(C(F)(F)F)[nH]n1. The van der Waals surface area contributed by atoms with Crippen molar-refractivity contribution in [2.75, 3.05) is 13.2 Å². The fourth-order valence-corrected chi connectivity index (χ4v) is 2.45. The minimum absolute atomic E-state index is 0.121. The normalized spacial score (nSPS) is 11.2. The van der Waals surface area contributed by atoms with Gasteiger partial charge in [-0.15, -0.1) is 0 Å². The van der Waals surface area contributed by atoms with Gasteiger partial charge in [0.1, 0.15) is 18.1 Å². The van der Waals surface area contributed by atoms with Crippen molar-refractivity contribution in [1.29, 1.82) is 0 Å². The molecule has 0 aliphatic heterocycles. The second kappa shape index (κ2) is 7.94. The molecule has 3 rings (SSSR count). The predicted molar refractivity (Wildman–Crippen MR) is 93.3 cm³/mol. The van der Waals surface area contributed by atoms with Crippen molar-refractivity contribution in [2.45, 2.75) is 6.18 Å². The molecule has 0 saturated heterocycles. The van der Waals surface area contributed by atoms with Gasteiger partial charge in [-0.05, 0) is 11.6 Å². The van der Waals surface area contributed by atoms with Crippen molar-refractivity contribution in [1.82, 2.24) is 15.5 Å². The van der Waals surface area contributed by atoms with Crippen LogP contribution >= 0.6 is 0 Å². The number of ether oxygens (including phenoxy) is 1. The standard InChI is InChI=1S/C19H16F3N3O2/c20-19(21,22)17-12-15(24-25-17)18(26)23-10-11-27-16-9-5-4-8-14(16)13-6-2-1-3-7-13/h1-9,12H,10-11H2,(H,23,26)(H,24,25). The van der Waals surface area contributed by atoms with Gasteiger partial charge >= 0.3 is 6.18 Å². The molecule has 0 radical (unpaired) electrons. The zero-order valence-corrected chi connectivity index (χ0v) is 14.1. The fourth-order valence-electron chi connectivity index (χ4n) is 2.45. The molecule has 0 unspecified atom stereocenters. The Hall–Kier alpha value is -3.29. The molecule has 5 nitrogen and oxygen atoms in total. The highest BCUT2D eigenvalue weighted by Crippen LogP contribution is 2.29. The van der Waals surface area contributed by atoms with Gasteiger partial charge in [-0.2, -0.15) is 18.3 Å². The number of H-pyrrole nitrogens is 1. The van der Waals surface area contributed by atoms with Gasteiger partial charge in [0.25, 0.3) is 5.91 Å². The molecule has 2 aromatic carbocycles. The van der Waals surface area contributed by atoms with Crippen molar-refractivity contribution in [3.05, 3.63) is 72.1 Å². The van der Waals surface area contributed by atoms with E-state index >= 15 is 0 Å². The van der Waals surface area contributed by atoms with Crippen molar-refractivity contribution in [3.8, 4) is 16.9 Å². The summed E-state index contributed by atoms with van der Waals surface area (Å²) in [7, 11) is 0. The second-order valence-corrected chi connectivity index (χ2v) is 5.63. The Kier molecular flexibility index (Phi) is 5.44. The molecular formula is C19H16F3N3O2. The van der Waals surface area contributed by atoms with Crippen molar-refractivity contribution in [3.63, 3.8) is 0 Å². The van der Waals surface area contributed by atoms with E-state index in [2.05, 4.69) is 10.4 Å². The number of aromatic amines is 1. The Balaban J connectivity index is 1.55. The topological polar surface area (TPSA) is 67.0 Å². The van der Waals surface area contributed by atoms with E-state index in [1.54, 1.807) is 5.10 Å². The smallest absolute Gasteiger partial charge is 0.432 e. The minimum Gasteiger partial charge on any atom is -0.491 e. The van der Waals surface area contributed by atoms with E-state index in [9.17, 15) is 18.0 Å². The Morgan fingerprint density at radius 1 is 1.07 bits per heavy atom. The number of amides is 1. The Morgan fingerprint density at radius 3 is 2.48 bits per heavy atom. The highest BCUT2D eigenvalue weighted by atomic mass is 19.4. The number of para-hydroxylation sites is 1. The van der Waals surface area contributed by atoms with E-state index in [1.165, 1.54) is 0 Å². The second-order valence-electron chi connectivity index (χ2n) is 5.63. The van der Waals surface area contributed by atoms with Gasteiger partial charge in [-0.1, -0.05) is 48.5 Å². The van der Waals surface area contributed by atoms with Gasteiger partial charge in [0.15, 0.2) is 5.69 Å². The van der Waals surface area contributed by atoms with Crippen LogP contribution in [0.15, 0.2) is 60.7 Å². The lowest BCUT2D eigenvalue weighted by molar-refractivity contribution is -0.141. The number of rotatable bonds is 6. The first-order chi connectivity index (χ1) is 12.9. The molecule has 27 heavy (non-hydrogen) atoms. The van der Waals surface area contributed by atoms with Crippen LogP contribution in [0.3, 0.4) is 0 Å². The number of hydrogen-bond donors (Lipinski definition) is 2. The third-order valence-corrected chi connectivity index (χ3v) is 3.73. The summed E-state index contributed by atoms with van der Waals surface area (Å²) < 4.78 is 43.3. The highest BCUT2D eigenvalue weighted by Gasteiger charge is 2.33. The summed E-state index contributed by atoms with van der Waals surface area (Å²) in [5.41, 5.74) is 0.507. The average molecular weight is 375 g/mol. The summed E-state index contributed by atoms with van der Waals surface area (Å²) in [4.78, 5) is 11.9. The lowest BCUT2D eigenvalue weighted by atomic mass is 10.1. The van der Waals surface area contributed by atoms with E-state index in [1.807, 2.05) is 54.6 Å². The number of hydrogen-bond acceptors (Lipinski definition) is 3. The molecule has 1 amide bonds. The third-order valence-electron chi connectivity index (χ3n) is 3.73. The molecule has 0 saturated carbocycles. The summed E-state index contributed by atoms with van der Waals surface area (Å²) in [6, 6.07) is 17.8. The molecule has 0 fully saturated rings. The van der Waals surface area contributed by atoms with Crippen LogP contribution in [-0.4, -0.2) is 29.3 Å². The van der Waals surface area contributed by atoms with E-state index in [4.69, 9.17) is 4.74 Å². The number of carbonyl (C=O) groups is 1. The lowest BCUT2D eigenvalue weighted by Gasteiger charge is -2.12. The van der Waals surface area contributed by atoms with E-state index in [0.29, 0.717) is 11.8 Å². The zero-order valence-electron chi connectivity index (χ0n) is 14.1. The number of nitrogens with one attached hydrogen (secondary N) is 2. The van der Waals surface area contributed by atoms with Crippen molar-refractivity contribution < 1.29 is 22.7 Å². The number of halogens is 3. The van der Waals surface area contributed by atoms with Crippen LogP contribution in [0.1, 0.15) is 16.2 Å². The molecular weight excluding hydrogens is 359 g/mol. The van der Waals surface area contributed by atoms with Gasteiger partial charge in [-0.25, -0.2) is 0 Å². The molecule has 1 aromatic heterocycles. The quantitative estimate of drug-likeness (QED) is 0.642. The van der Waals surface area contributed by atoms with Crippen LogP contribution in [0, 0.1) is 0 Å². The summed E-state index contributed by atoms with van der Waals surface area (Å²) in [6.07, 6.45) is -4.57. The highest BCUT2D eigenvalue weighted by molar-refractivity contribution is 5.92. The maximum Gasteiger partial charge on any atom is 0.432 e. The van der Waals surface area contributed by atoms with E-state index < -0.39 is 17.8 Å². The summed E-state index contributed by atoms with van der Waals surface area (Å²) in [6.45, 7) is 0.280. The average Bonchev–Trinajstić information content (AvgIpc) is 3.17. The van der Waals surface area contributed by atoms with Gasteiger partial charge in [0.05, 0.1) is 6.54 Å². The first kappa shape index (κ1) is 18.5. The number of carbonyl (C=O) groups excluding carboxylic acids is 1. The molecule has 0 aliphatic rings. The fraction of sp³-hybridized carbons (Fsp3) is 0.158. The minimum atomic E-state index is -4.57. The van der Waals surface area contributed by atoms with Gasteiger partial charge in [-0.3, -0.25) is 9.89 Å². The molecule has 1 heterocycles. The Bertz CT molecular complexity index is 908. The first-order valence-corrected chi connectivity index (χ1v) is 8.13. The molecule has 0 atom stereocenters. The monoisotopic (exact) mass is 375 g/mol. The van der Waals surface area contributed by atoms with Crippen molar-refractivity contribution in [2.24, 2.45) is 0 Å². The molecule has 8 heteroatoms. The maximum atomic E-state index is 12.5. The Morgan fingerprint density at radius 2 is 1.78 bits per heavy atom. The lowest BCUT2D eigenvalue weighted by Crippen LogP contribution is -2.28. The van der Waals surface area contributed by atoms with Crippen LogP contribution in [0.4, 0.5) is 13.2 Å². The van der Waals surface area contributed by atoms with Crippen LogP contribution in [-0.2, 0) is 6.18 Å². The largest absolute Gasteiger partial charge is 0.491 e.